The number of hydrogen-bond donors (Lipinski definition) is 1. The van der Waals surface area contributed by atoms with Crippen LogP contribution >= 0.6 is 0 Å². The van der Waals surface area contributed by atoms with E-state index in [1.165, 1.54) is 19.0 Å². The lowest BCUT2D eigenvalue weighted by Gasteiger charge is -2.33. The third kappa shape index (κ3) is 4.86. The van der Waals surface area contributed by atoms with Crippen molar-refractivity contribution in [2.45, 2.75) is 57.2 Å². The molecule has 1 saturated carbocycles. The Labute approximate surface area is 145 Å². The summed E-state index contributed by atoms with van der Waals surface area (Å²) in [5, 5.41) is 3.10. The van der Waals surface area contributed by atoms with Crippen molar-refractivity contribution in [2.24, 2.45) is 5.92 Å². The summed E-state index contributed by atoms with van der Waals surface area (Å²) in [5.41, 5.74) is -0.671. The van der Waals surface area contributed by atoms with Crippen molar-refractivity contribution in [3.05, 3.63) is 23.9 Å². The van der Waals surface area contributed by atoms with Crippen LogP contribution in [0.15, 0.2) is 18.3 Å². The Hall–Kier alpha value is -1.79. The molecule has 1 N–H and O–H groups in total. The molecule has 0 spiro atoms. The van der Waals surface area contributed by atoms with Crippen molar-refractivity contribution in [1.82, 2.24) is 10.3 Å². The second kappa shape index (κ2) is 7.62. The van der Waals surface area contributed by atoms with Crippen LogP contribution in [0.5, 0.6) is 0 Å². The summed E-state index contributed by atoms with van der Waals surface area (Å²) in [6, 6.07) is 2.43. The van der Waals surface area contributed by atoms with Crippen LogP contribution < -0.4 is 10.2 Å². The molecule has 25 heavy (non-hydrogen) atoms. The number of piperidine rings is 1. The lowest BCUT2D eigenvalue weighted by Crippen LogP contribution is -2.38. The third-order valence-corrected chi connectivity index (χ3v) is 5.21. The molecule has 1 aromatic heterocycles. The molecule has 1 saturated heterocycles. The highest BCUT2D eigenvalue weighted by Gasteiger charge is 2.32. The topological polar surface area (TPSA) is 45.2 Å². The quantitative estimate of drug-likeness (QED) is 0.894. The molecular formula is C18H24F3N3O. The van der Waals surface area contributed by atoms with Crippen LogP contribution in [0.3, 0.4) is 0 Å². The van der Waals surface area contributed by atoms with Gasteiger partial charge in [-0.05, 0) is 43.7 Å². The minimum absolute atomic E-state index is 0.113. The van der Waals surface area contributed by atoms with E-state index in [1.807, 2.05) is 4.90 Å². The Balaban J connectivity index is 1.49. The van der Waals surface area contributed by atoms with Crippen molar-refractivity contribution in [1.29, 1.82) is 0 Å². The number of nitrogens with zero attached hydrogens (tertiary/aromatic N) is 2. The number of aromatic nitrogens is 1. The molecule has 7 heteroatoms. The van der Waals surface area contributed by atoms with Gasteiger partial charge in [0.2, 0.25) is 5.91 Å². The van der Waals surface area contributed by atoms with E-state index in [2.05, 4.69) is 10.3 Å². The summed E-state index contributed by atoms with van der Waals surface area (Å²) < 4.78 is 38.5. The van der Waals surface area contributed by atoms with Gasteiger partial charge in [0.05, 0.1) is 5.56 Å². The molecule has 138 valence electrons. The summed E-state index contributed by atoms with van der Waals surface area (Å²) in [4.78, 5) is 18.1. The van der Waals surface area contributed by atoms with E-state index in [0.717, 1.165) is 37.8 Å². The molecule has 1 amide bonds. The number of alkyl halides is 3. The number of halogens is 3. The van der Waals surface area contributed by atoms with Crippen molar-refractivity contribution in [3.63, 3.8) is 0 Å². The average Bonchev–Trinajstić information content (AvgIpc) is 3.08. The molecule has 2 aliphatic rings. The van der Waals surface area contributed by atoms with Gasteiger partial charge in [-0.2, -0.15) is 13.2 Å². The van der Waals surface area contributed by atoms with Gasteiger partial charge in [0.1, 0.15) is 5.82 Å². The lowest BCUT2D eigenvalue weighted by molar-refractivity contribution is -0.137. The van der Waals surface area contributed by atoms with E-state index in [9.17, 15) is 18.0 Å². The Bertz CT molecular complexity index is 591. The fraction of sp³-hybridized carbons (Fsp3) is 0.667. The summed E-state index contributed by atoms with van der Waals surface area (Å²) in [5.74, 6) is 0.773. The summed E-state index contributed by atoms with van der Waals surface area (Å²) in [7, 11) is 0. The predicted octanol–water partition coefficient (Wildman–Crippen LogP) is 3.77. The summed E-state index contributed by atoms with van der Waals surface area (Å²) >= 11 is 0. The minimum Gasteiger partial charge on any atom is -0.357 e. The fourth-order valence-corrected chi connectivity index (χ4v) is 3.75. The number of hydrogen-bond acceptors (Lipinski definition) is 3. The van der Waals surface area contributed by atoms with Crippen LogP contribution in [-0.2, 0) is 11.0 Å². The first-order valence-corrected chi connectivity index (χ1v) is 8.99. The van der Waals surface area contributed by atoms with E-state index < -0.39 is 11.7 Å². The van der Waals surface area contributed by atoms with Gasteiger partial charge < -0.3 is 10.2 Å². The standard InChI is InChI=1S/C18H24F3N3O/c19-18(20,21)14-5-8-22-16(12-14)24-9-6-13(7-10-24)11-17(25)23-15-3-1-2-4-15/h5,8,12-13,15H,1-4,6-7,9-11H2,(H,23,25). The lowest BCUT2D eigenvalue weighted by atomic mass is 9.93. The van der Waals surface area contributed by atoms with Crippen molar-refractivity contribution < 1.29 is 18.0 Å². The van der Waals surface area contributed by atoms with Crippen molar-refractivity contribution >= 4 is 11.7 Å². The number of rotatable bonds is 4. The van der Waals surface area contributed by atoms with Crippen LogP contribution in [0, 0.1) is 5.92 Å². The Morgan fingerprint density at radius 2 is 1.88 bits per heavy atom. The zero-order chi connectivity index (χ0) is 17.9. The monoisotopic (exact) mass is 355 g/mol. The second-order valence-electron chi connectivity index (χ2n) is 7.08. The van der Waals surface area contributed by atoms with Gasteiger partial charge in [0, 0.05) is 31.7 Å². The van der Waals surface area contributed by atoms with E-state index in [4.69, 9.17) is 0 Å². The van der Waals surface area contributed by atoms with Crippen molar-refractivity contribution in [2.75, 3.05) is 18.0 Å². The zero-order valence-electron chi connectivity index (χ0n) is 14.2. The van der Waals surface area contributed by atoms with Gasteiger partial charge in [0.25, 0.3) is 0 Å². The number of nitrogens with one attached hydrogen (secondary N) is 1. The average molecular weight is 355 g/mol. The highest BCUT2D eigenvalue weighted by Crippen LogP contribution is 2.32. The molecule has 2 heterocycles. The molecule has 2 fully saturated rings. The normalized spacial score (nSPS) is 20.0. The fourth-order valence-electron chi connectivity index (χ4n) is 3.75. The maximum Gasteiger partial charge on any atom is 0.416 e. The maximum atomic E-state index is 12.8. The summed E-state index contributed by atoms with van der Waals surface area (Å²) in [6.07, 6.45) is 3.50. The number of carbonyl (C=O) groups is 1. The molecule has 0 atom stereocenters. The number of anilines is 1. The largest absolute Gasteiger partial charge is 0.416 e. The molecule has 1 aromatic rings. The zero-order valence-corrected chi connectivity index (χ0v) is 14.2. The summed E-state index contributed by atoms with van der Waals surface area (Å²) in [6.45, 7) is 1.27. The van der Waals surface area contributed by atoms with Gasteiger partial charge in [0.15, 0.2) is 0 Å². The number of amides is 1. The molecule has 4 nitrogen and oxygen atoms in total. The highest BCUT2D eigenvalue weighted by atomic mass is 19.4. The molecule has 0 radical (unpaired) electrons. The van der Waals surface area contributed by atoms with E-state index in [-0.39, 0.29) is 5.91 Å². The van der Waals surface area contributed by atoms with Crippen LogP contribution in [0.25, 0.3) is 0 Å². The molecule has 1 aliphatic carbocycles. The predicted molar refractivity (Wildman–Crippen MR) is 89.2 cm³/mol. The third-order valence-electron chi connectivity index (χ3n) is 5.21. The molecular weight excluding hydrogens is 331 g/mol. The molecule has 1 aliphatic heterocycles. The van der Waals surface area contributed by atoms with Crippen molar-refractivity contribution in [3.8, 4) is 0 Å². The van der Waals surface area contributed by atoms with Gasteiger partial charge in [-0.15, -0.1) is 0 Å². The molecule has 0 unspecified atom stereocenters. The van der Waals surface area contributed by atoms with E-state index in [0.29, 0.717) is 37.3 Å². The number of pyridine rings is 1. The van der Waals surface area contributed by atoms with Crippen LogP contribution in [0.1, 0.15) is 50.5 Å². The first-order valence-electron chi connectivity index (χ1n) is 8.99. The molecule has 0 aromatic carbocycles. The van der Waals surface area contributed by atoms with Gasteiger partial charge >= 0.3 is 6.18 Å². The maximum absolute atomic E-state index is 12.8. The van der Waals surface area contributed by atoms with Crippen LogP contribution in [0.4, 0.5) is 19.0 Å². The highest BCUT2D eigenvalue weighted by molar-refractivity contribution is 5.76. The van der Waals surface area contributed by atoms with Gasteiger partial charge in [-0.3, -0.25) is 4.79 Å². The first kappa shape index (κ1) is 18.0. The Kier molecular flexibility index (Phi) is 5.49. The Morgan fingerprint density at radius 1 is 1.20 bits per heavy atom. The minimum atomic E-state index is -4.35. The second-order valence-corrected chi connectivity index (χ2v) is 7.08. The van der Waals surface area contributed by atoms with Crippen LogP contribution in [0.2, 0.25) is 0 Å². The van der Waals surface area contributed by atoms with Gasteiger partial charge in [-0.25, -0.2) is 4.98 Å². The van der Waals surface area contributed by atoms with Gasteiger partial charge in [-0.1, -0.05) is 12.8 Å². The Morgan fingerprint density at radius 3 is 2.52 bits per heavy atom. The molecule has 3 rings (SSSR count). The first-order chi connectivity index (χ1) is 11.9. The van der Waals surface area contributed by atoms with E-state index >= 15 is 0 Å². The number of carbonyl (C=O) groups excluding carboxylic acids is 1. The molecule has 0 bridgehead atoms. The SMILES string of the molecule is O=C(CC1CCN(c2cc(C(F)(F)F)ccn2)CC1)NC1CCCC1. The van der Waals surface area contributed by atoms with Crippen LogP contribution in [-0.4, -0.2) is 30.0 Å². The smallest absolute Gasteiger partial charge is 0.357 e. The van der Waals surface area contributed by atoms with E-state index in [1.54, 1.807) is 0 Å².